The summed E-state index contributed by atoms with van der Waals surface area (Å²) in [4.78, 5) is 16.8. The fraction of sp³-hybridized carbons (Fsp3) is 0.125. The number of ether oxygens (including phenoxy) is 1. The highest BCUT2D eigenvalue weighted by molar-refractivity contribution is 5.94. The second-order valence-electron chi connectivity index (χ2n) is 6.69. The van der Waals surface area contributed by atoms with E-state index in [4.69, 9.17) is 9.26 Å². The van der Waals surface area contributed by atoms with Crippen molar-refractivity contribution in [2.24, 2.45) is 0 Å². The molecular weight excluding hydrogens is 378 g/mol. The predicted octanol–water partition coefficient (Wildman–Crippen LogP) is 4.38. The Bertz CT molecular complexity index is 1120. The number of rotatable bonds is 7. The smallest absolute Gasteiger partial charge is 0.251 e. The summed E-state index contributed by atoms with van der Waals surface area (Å²) in [6.07, 6.45) is 0.449. The number of carbonyl (C=O) groups excluding carboxylic acids is 1. The summed E-state index contributed by atoms with van der Waals surface area (Å²) in [5.41, 5.74) is 3.61. The van der Waals surface area contributed by atoms with E-state index in [0.29, 0.717) is 30.2 Å². The third-order valence-corrected chi connectivity index (χ3v) is 4.67. The molecule has 0 unspecified atom stereocenters. The minimum atomic E-state index is -0.137. The zero-order chi connectivity index (χ0) is 20.8. The number of nitrogens with zero attached hydrogens (tertiary/aromatic N) is 2. The van der Waals surface area contributed by atoms with E-state index in [1.807, 2.05) is 78.9 Å². The van der Waals surface area contributed by atoms with Gasteiger partial charge in [-0.1, -0.05) is 59.8 Å². The van der Waals surface area contributed by atoms with Crippen molar-refractivity contribution in [1.29, 1.82) is 0 Å². The van der Waals surface area contributed by atoms with Gasteiger partial charge < -0.3 is 14.6 Å². The Hall–Kier alpha value is -3.93. The minimum absolute atomic E-state index is 0.137. The van der Waals surface area contributed by atoms with Gasteiger partial charge in [-0.2, -0.15) is 4.98 Å². The summed E-state index contributed by atoms with van der Waals surface area (Å²) in [5.74, 6) is 1.55. The molecule has 0 aliphatic rings. The molecule has 150 valence electrons. The van der Waals surface area contributed by atoms with Crippen LogP contribution in [0.2, 0.25) is 0 Å². The molecule has 1 aromatic heterocycles. The normalized spacial score (nSPS) is 10.6. The number of amides is 1. The zero-order valence-electron chi connectivity index (χ0n) is 16.5. The van der Waals surface area contributed by atoms with Gasteiger partial charge in [0.1, 0.15) is 5.75 Å². The molecule has 0 atom stereocenters. The fourth-order valence-electron chi connectivity index (χ4n) is 3.07. The van der Waals surface area contributed by atoms with E-state index in [-0.39, 0.29) is 5.91 Å². The van der Waals surface area contributed by atoms with Crippen LogP contribution in [0.15, 0.2) is 83.4 Å². The first-order valence-electron chi connectivity index (χ1n) is 9.63. The van der Waals surface area contributed by atoms with Crippen LogP contribution < -0.4 is 10.1 Å². The summed E-state index contributed by atoms with van der Waals surface area (Å²) >= 11 is 0. The number of aromatic nitrogens is 2. The Balaban J connectivity index is 1.32. The molecule has 1 amide bonds. The molecule has 1 N–H and O–H groups in total. The van der Waals surface area contributed by atoms with Crippen LogP contribution in [0.4, 0.5) is 0 Å². The van der Waals surface area contributed by atoms with Crippen molar-refractivity contribution in [3.8, 4) is 28.3 Å². The first-order valence-corrected chi connectivity index (χ1v) is 9.63. The van der Waals surface area contributed by atoms with E-state index < -0.39 is 0 Å². The third-order valence-electron chi connectivity index (χ3n) is 4.67. The van der Waals surface area contributed by atoms with Crippen LogP contribution in [0.5, 0.6) is 5.75 Å². The highest BCUT2D eigenvalue weighted by Crippen LogP contribution is 2.21. The molecule has 4 rings (SSSR count). The lowest BCUT2D eigenvalue weighted by atomic mass is 10.0. The number of benzene rings is 3. The molecule has 6 heteroatoms. The van der Waals surface area contributed by atoms with Crippen molar-refractivity contribution in [1.82, 2.24) is 15.5 Å². The van der Waals surface area contributed by atoms with E-state index in [1.165, 1.54) is 0 Å². The SMILES string of the molecule is COc1cccc(-c2noc(CCNC(=O)c3ccc(-c4ccccc4)cc3)n2)c1. The Morgan fingerprint density at radius 1 is 0.933 bits per heavy atom. The summed E-state index contributed by atoms with van der Waals surface area (Å²) in [6.45, 7) is 0.402. The largest absolute Gasteiger partial charge is 0.497 e. The number of carbonyl (C=O) groups is 1. The van der Waals surface area contributed by atoms with E-state index in [9.17, 15) is 4.79 Å². The molecule has 6 nitrogen and oxygen atoms in total. The van der Waals surface area contributed by atoms with Gasteiger partial charge in [-0.3, -0.25) is 4.79 Å². The van der Waals surface area contributed by atoms with Crippen molar-refractivity contribution >= 4 is 5.91 Å². The molecule has 0 aliphatic heterocycles. The Kier molecular flexibility index (Phi) is 5.85. The van der Waals surface area contributed by atoms with E-state index >= 15 is 0 Å². The lowest BCUT2D eigenvalue weighted by Crippen LogP contribution is -2.25. The lowest BCUT2D eigenvalue weighted by Gasteiger charge is -2.05. The quantitative estimate of drug-likeness (QED) is 0.499. The maximum absolute atomic E-state index is 12.4. The molecule has 0 bridgehead atoms. The maximum atomic E-state index is 12.4. The predicted molar refractivity (Wildman–Crippen MR) is 114 cm³/mol. The van der Waals surface area contributed by atoms with Gasteiger partial charge in [-0.05, 0) is 35.4 Å². The standard InChI is InChI=1S/C24H21N3O3/c1-29-21-9-5-8-20(16-21)23-26-22(30-27-23)14-15-25-24(28)19-12-10-18(11-13-19)17-6-3-2-4-7-17/h2-13,16H,14-15H2,1H3,(H,25,28). The van der Waals surface area contributed by atoms with Crippen LogP contribution >= 0.6 is 0 Å². The van der Waals surface area contributed by atoms with Gasteiger partial charge >= 0.3 is 0 Å². The van der Waals surface area contributed by atoms with Crippen molar-refractivity contribution in [3.05, 3.63) is 90.3 Å². The van der Waals surface area contributed by atoms with Gasteiger partial charge in [0, 0.05) is 24.1 Å². The molecule has 0 aliphatic carbocycles. The summed E-state index contributed by atoms with van der Waals surface area (Å²) < 4.78 is 10.5. The van der Waals surface area contributed by atoms with Crippen LogP contribution in [-0.4, -0.2) is 29.7 Å². The number of hydrogen-bond donors (Lipinski definition) is 1. The molecule has 3 aromatic carbocycles. The Labute approximate surface area is 174 Å². The topological polar surface area (TPSA) is 77.3 Å². The molecule has 0 saturated carbocycles. The highest BCUT2D eigenvalue weighted by atomic mass is 16.5. The van der Waals surface area contributed by atoms with Crippen LogP contribution in [0.1, 0.15) is 16.2 Å². The number of methoxy groups -OCH3 is 1. The second kappa shape index (κ2) is 9.05. The van der Waals surface area contributed by atoms with Crippen LogP contribution in [-0.2, 0) is 6.42 Å². The van der Waals surface area contributed by atoms with E-state index in [1.54, 1.807) is 7.11 Å². The average molecular weight is 399 g/mol. The third kappa shape index (κ3) is 4.55. The number of nitrogens with one attached hydrogen (secondary N) is 1. The fourth-order valence-corrected chi connectivity index (χ4v) is 3.07. The minimum Gasteiger partial charge on any atom is -0.497 e. The molecule has 1 heterocycles. The van der Waals surface area contributed by atoms with Crippen molar-refractivity contribution in [2.45, 2.75) is 6.42 Å². The summed E-state index contributed by atoms with van der Waals surface area (Å²) in [6, 6.07) is 25.0. The Morgan fingerprint density at radius 2 is 1.67 bits per heavy atom. The van der Waals surface area contributed by atoms with Crippen LogP contribution in [0, 0.1) is 0 Å². The highest BCUT2D eigenvalue weighted by Gasteiger charge is 2.11. The molecule has 0 fully saturated rings. The molecule has 4 aromatic rings. The van der Waals surface area contributed by atoms with Crippen molar-refractivity contribution < 1.29 is 14.1 Å². The van der Waals surface area contributed by atoms with Crippen LogP contribution in [0.25, 0.3) is 22.5 Å². The maximum Gasteiger partial charge on any atom is 0.251 e. The lowest BCUT2D eigenvalue weighted by molar-refractivity contribution is 0.0953. The van der Waals surface area contributed by atoms with Gasteiger partial charge in [-0.25, -0.2) is 0 Å². The molecule has 30 heavy (non-hydrogen) atoms. The first-order chi connectivity index (χ1) is 14.7. The van der Waals surface area contributed by atoms with Gasteiger partial charge in [0.05, 0.1) is 7.11 Å². The molecule has 0 radical (unpaired) electrons. The molecular formula is C24H21N3O3. The number of hydrogen-bond acceptors (Lipinski definition) is 5. The van der Waals surface area contributed by atoms with Gasteiger partial charge in [0.25, 0.3) is 5.91 Å². The summed E-state index contributed by atoms with van der Waals surface area (Å²) in [5, 5.41) is 6.89. The first kappa shape index (κ1) is 19.4. The van der Waals surface area contributed by atoms with Gasteiger partial charge in [-0.15, -0.1) is 0 Å². The Morgan fingerprint density at radius 3 is 2.43 bits per heavy atom. The van der Waals surface area contributed by atoms with Crippen LogP contribution in [0.3, 0.4) is 0 Å². The van der Waals surface area contributed by atoms with E-state index in [0.717, 1.165) is 22.4 Å². The van der Waals surface area contributed by atoms with Gasteiger partial charge in [0.2, 0.25) is 11.7 Å². The van der Waals surface area contributed by atoms with Crippen molar-refractivity contribution in [3.63, 3.8) is 0 Å². The average Bonchev–Trinajstić information content (AvgIpc) is 3.29. The van der Waals surface area contributed by atoms with Crippen molar-refractivity contribution in [2.75, 3.05) is 13.7 Å². The molecule has 0 spiro atoms. The monoisotopic (exact) mass is 399 g/mol. The zero-order valence-corrected chi connectivity index (χ0v) is 16.5. The van der Waals surface area contributed by atoms with Gasteiger partial charge in [0.15, 0.2) is 0 Å². The summed E-state index contributed by atoms with van der Waals surface area (Å²) in [7, 11) is 1.61. The van der Waals surface area contributed by atoms with E-state index in [2.05, 4.69) is 15.5 Å². The second-order valence-corrected chi connectivity index (χ2v) is 6.69. The molecule has 0 saturated heterocycles.